The van der Waals surface area contributed by atoms with Crippen LogP contribution in [0.1, 0.15) is 36.2 Å². The molecule has 0 bridgehead atoms. The number of aliphatic hydroxyl groups is 1. The van der Waals surface area contributed by atoms with E-state index in [1.54, 1.807) is 18.3 Å². The molecule has 1 aromatic carbocycles. The Bertz CT molecular complexity index is 1490. The van der Waals surface area contributed by atoms with Crippen molar-refractivity contribution in [2.24, 2.45) is 0 Å². The average molecular weight is 596 g/mol. The van der Waals surface area contributed by atoms with Crippen LogP contribution in [0.3, 0.4) is 0 Å². The molecule has 0 radical (unpaired) electrons. The maximum absolute atomic E-state index is 13.7. The van der Waals surface area contributed by atoms with Crippen LogP contribution in [-0.4, -0.2) is 74.5 Å². The Morgan fingerprint density at radius 3 is 2.28 bits per heavy atom. The fraction of sp³-hybridized carbons (Fsp3) is 0.300. The van der Waals surface area contributed by atoms with E-state index in [-0.39, 0.29) is 5.82 Å². The second kappa shape index (κ2) is 15.4. The summed E-state index contributed by atoms with van der Waals surface area (Å²) in [5.41, 5.74) is 0.387. The average Bonchev–Trinajstić information content (AvgIpc) is 3.60. The highest BCUT2D eigenvalue weighted by molar-refractivity contribution is 5.88. The van der Waals surface area contributed by atoms with E-state index < -0.39 is 36.4 Å². The van der Waals surface area contributed by atoms with E-state index in [4.69, 9.17) is 20.4 Å². The van der Waals surface area contributed by atoms with Gasteiger partial charge in [0.15, 0.2) is 5.60 Å². The van der Waals surface area contributed by atoms with Crippen molar-refractivity contribution in [1.82, 2.24) is 24.0 Å². The van der Waals surface area contributed by atoms with E-state index in [0.29, 0.717) is 6.54 Å². The maximum Gasteiger partial charge on any atom is 0.336 e. The minimum absolute atomic E-state index is 0.196. The SMILES string of the molecule is Cc1cccc(-n2cccc2CN(CCCn2ccnc2)Cc2cccc(F)c2)n1.O=C(O)CC(O)(CC(=O)O)C(=O)O. The molecule has 4 aromatic rings. The van der Waals surface area contributed by atoms with Gasteiger partial charge in [-0.05, 0) is 55.3 Å². The van der Waals surface area contributed by atoms with Crippen molar-refractivity contribution < 1.29 is 39.2 Å². The smallest absolute Gasteiger partial charge is 0.336 e. The Labute approximate surface area is 247 Å². The lowest BCUT2D eigenvalue weighted by molar-refractivity contribution is -0.170. The predicted molar refractivity (Wildman–Crippen MR) is 153 cm³/mol. The number of nitrogens with zero attached hydrogens (tertiary/aromatic N) is 5. The molecule has 3 aromatic heterocycles. The zero-order valence-electron chi connectivity index (χ0n) is 23.6. The van der Waals surface area contributed by atoms with E-state index in [1.807, 2.05) is 56.0 Å². The number of carboxylic acid groups (broad SMARTS) is 3. The van der Waals surface area contributed by atoms with E-state index >= 15 is 0 Å². The summed E-state index contributed by atoms with van der Waals surface area (Å²) >= 11 is 0. The Morgan fingerprint density at radius 2 is 1.67 bits per heavy atom. The predicted octanol–water partition coefficient (Wildman–Crippen LogP) is 3.36. The molecular formula is C30H34FN5O7. The number of aryl methyl sites for hydroxylation is 2. The van der Waals surface area contributed by atoms with Gasteiger partial charge in [0, 0.05) is 56.2 Å². The van der Waals surface area contributed by atoms with Crippen LogP contribution in [0.2, 0.25) is 0 Å². The van der Waals surface area contributed by atoms with Crippen molar-refractivity contribution in [3.8, 4) is 5.82 Å². The van der Waals surface area contributed by atoms with Gasteiger partial charge in [0.25, 0.3) is 0 Å². The number of benzene rings is 1. The molecule has 228 valence electrons. The Balaban J connectivity index is 0.000000331. The fourth-order valence-electron chi connectivity index (χ4n) is 4.38. The molecule has 0 spiro atoms. The summed E-state index contributed by atoms with van der Waals surface area (Å²) in [6, 6.07) is 17.1. The molecule has 13 heteroatoms. The van der Waals surface area contributed by atoms with Crippen molar-refractivity contribution in [2.45, 2.75) is 51.4 Å². The first-order chi connectivity index (χ1) is 20.4. The largest absolute Gasteiger partial charge is 0.481 e. The van der Waals surface area contributed by atoms with Gasteiger partial charge in [-0.2, -0.15) is 0 Å². The van der Waals surface area contributed by atoms with Crippen LogP contribution >= 0.6 is 0 Å². The van der Waals surface area contributed by atoms with Crippen molar-refractivity contribution >= 4 is 17.9 Å². The minimum Gasteiger partial charge on any atom is -0.481 e. The molecule has 0 saturated carbocycles. The number of carbonyl (C=O) groups is 3. The zero-order chi connectivity index (χ0) is 31.4. The number of carboxylic acids is 3. The van der Waals surface area contributed by atoms with E-state index in [0.717, 1.165) is 48.8 Å². The molecule has 0 amide bonds. The molecule has 0 saturated heterocycles. The third-order valence-electron chi connectivity index (χ3n) is 6.37. The second-order valence-electron chi connectivity index (χ2n) is 9.98. The quantitative estimate of drug-likeness (QED) is 0.169. The molecule has 0 unspecified atom stereocenters. The summed E-state index contributed by atoms with van der Waals surface area (Å²) in [7, 11) is 0. The normalized spacial score (nSPS) is 11.2. The van der Waals surface area contributed by atoms with Crippen LogP contribution in [0.4, 0.5) is 4.39 Å². The molecule has 4 rings (SSSR count). The van der Waals surface area contributed by atoms with E-state index in [2.05, 4.69) is 30.1 Å². The number of halogens is 1. The van der Waals surface area contributed by atoms with Crippen molar-refractivity contribution in [3.05, 3.63) is 102 Å². The van der Waals surface area contributed by atoms with Gasteiger partial charge < -0.3 is 29.6 Å². The number of aliphatic carboxylic acids is 3. The molecule has 0 fully saturated rings. The van der Waals surface area contributed by atoms with Gasteiger partial charge >= 0.3 is 17.9 Å². The maximum atomic E-state index is 13.7. The fourth-order valence-corrected chi connectivity index (χ4v) is 4.38. The number of hydrogen-bond donors (Lipinski definition) is 4. The Kier molecular flexibility index (Phi) is 11.7. The Hall–Kier alpha value is -4.88. The number of aromatic nitrogens is 4. The van der Waals surface area contributed by atoms with Crippen LogP contribution in [-0.2, 0) is 34.0 Å². The lowest BCUT2D eigenvalue weighted by Gasteiger charge is -2.23. The van der Waals surface area contributed by atoms with Crippen LogP contribution < -0.4 is 0 Å². The molecule has 0 aliphatic rings. The summed E-state index contributed by atoms with van der Waals surface area (Å²) in [6.07, 6.45) is 6.35. The monoisotopic (exact) mass is 595 g/mol. The highest BCUT2D eigenvalue weighted by Crippen LogP contribution is 2.17. The minimum atomic E-state index is -2.74. The highest BCUT2D eigenvalue weighted by atomic mass is 19.1. The first kappa shape index (κ1) is 32.6. The standard InChI is InChI=1S/C24H26FN5.C6H8O7/c1-20-6-2-10-24(27-20)30-14-4-9-23(30)18-29(13-5-12-28-15-11-26-19-28)17-21-7-3-8-22(25)16-21;7-3(8)1-6(13,5(11)12)2-4(9)10/h2-4,6-11,14-16,19H,5,12-13,17-18H2,1H3;13H,1-2H2,(H,7,8)(H,9,10)(H,11,12). The summed E-state index contributed by atoms with van der Waals surface area (Å²) in [5, 5.41) is 33.8. The number of imidazole rings is 1. The van der Waals surface area contributed by atoms with E-state index in [9.17, 15) is 18.8 Å². The number of rotatable bonds is 14. The first-order valence-electron chi connectivity index (χ1n) is 13.4. The van der Waals surface area contributed by atoms with Crippen LogP contribution in [0, 0.1) is 12.7 Å². The van der Waals surface area contributed by atoms with Gasteiger partial charge in [0.05, 0.1) is 19.2 Å². The molecule has 3 heterocycles. The molecule has 0 aliphatic heterocycles. The van der Waals surface area contributed by atoms with Crippen molar-refractivity contribution in [1.29, 1.82) is 0 Å². The van der Waals surface area contributed by atoms with Gasteiger partial charge in [-0.3, -0.25) is 14.5 Å². The van der Waals surface area contributed by atoms with Gasteiger partial charge in [0.2, 0.25) is 0 Å². The van der Waals surface area contributed by atoms with Crippen LogP contribution in [0.25, 0.3) is 5.82 Å². The molecule has 43 heavy (non-hydrogen) atoms. The van der Waals surface area contributed by atoms with Crippen LogP contribution in [0.15, 0.2) is 79.5 Å². The van der Waals surface area contributed by atoms with Gasteiger partial charge in [0.1, 0.15) is 11.6 Å². The second-order valence-corrected chi connectivity index (χ2v) is 9.98. The molecule has 0 aliphatic carbocycles. The number of pyridine rings is 1. The molecule has 0 atom stereocenters. The first-order valence-corrected chi connectivity index (χ1v) is 13.4. The third-order valence-corrected chi connectivity index (χ3v) is 6.37. The summed E-state index contributed by atoms with van der Waals surface area (Å²) in [6.45, 7) is 5.23. The lowest BCUT2D eigenvalue weighted by Crippen LogP contribution is -2.42. The molecular weight excluding hydrogens is 561 g/mol. The summed E-state index contributed by atoms with van der Waals surface area (Å²) in [4.78, 5) is 41.6. The van der Waals surface area contributed by atoms with Crippen LogP contribution in [0.5, 0.6) is 0 Å². The number of hydrogen-bond acceptors (Lipinski definition) is 7. The molecule has 12 nitrogen and oxygen atoms in total. The zero-order valence-corrected chi connectivity index (χ0v) is 23.6. The third kappa shape index (κ3) is 10.5. The summed E-state index contributed by atoms with van der Waals surface area (Å²) < 4.78 is 17.9. The molecule has 4 N–H and O–H groups in total. The van der Waals surface area contributed by atoms with Gasteiger partial charge in [-0.25, -0.2) is 19.2 Å². The highest BCUT2D eigenvalue weighted by Gasteiger charge is 2.40. The van der Waals surface area contributed by atoms with E-state index in [1.165, 1.54) is 6.07 Å². The van der Waals surface area contributed by atoms with Crippen molar-refractivity contribution in [2.75, 3.05) is 6.54 Å². The topological polar surface area (TPSA) is 171 Å². The van der Waals surface area contributed by atoms with Crippen molar-refractivity contribution in [3.63, 3.8) is 0 Å². The Morgan fingerprint density at radius 1 is 0.953 bits per heavy atom. The van der Waals surface area contributed by atoms with Gasteiger partial charge in [-0.15, -0.1) is 0 Å². The van der Waals surface area contributed by atoms with Gasteiger partial charge in [-0.1, -0.05) is 18.2 Å². The summed E-state index contributed by atoms with van der Waals surface area (Å²) in [5.74, 6) is -4.30. The lowest BCUT2D eigenvalue weighted by atomic mass is 9.96.